The van der Waals surface area contributed by atoms with Gasteiger partial charge in [-0.15, -0.1) is 0 Å². The summed E-state index contributed by atoms with van der Waals surface area (Å²) in [6.45, 7) is 3.27. The maximum atomic E-state index is 12.7. The monoisotopic (exact) mass is 448 g/mol. The van der Waals surface area contributed by atoms with Crippen molar-refractivity contribution in [3.63, 3.8) is 0 Å². The second-order valence-corrected chi connectivity index (χ2v) is 8.11. The van der Waals surface area contributed by atoms with Crippen LogP contribution in [0.1, 0.15) is 39.5 Å². The molecule has 172 valence electrons. The highest BCUT2D eigenvalue weighted by atomic mass is 32.2. The zero-order valence-electron chi connectivity index (χ0n) is 17.5. The minimum Gasteiger partial charge on any atom is -0.481 e. The Morgan fingerprint density at radius 3 is 1.93 bits per heavy atom. The maximum Gasteiger partial charge on any atom is 0.326 e. The largest absolute Gasteiger partial charge is 0.481 e. The van der Waals surface area contributed by atoms with E-state index in [9.17, 15) is 29.1 Å². The molecule has 0 aliphatic heterocycles. The molecule has 7 N–H and O–H groups in total. The number of carboxylic acid groups (broad SMARTS) is 2. The summed E-state index contributed by atoms with van der Waals surface area (Å²) in [5.74, 6) is -3.85. The molecule has 0 radical (unpaired) electrons. The van der Waals surface area contributed by atoms with Crippen LogP contribution in [0, 0.1) is 5.92 Å². The molecule has 0 aliphatic rings. The van der Waals surface area contributed by atoms with Crippen LogP contribution in [0.2, 0.25) is 0 Å². The van der Waals surface area contributed by atoms with Crippen LogP contribution in [0.4, 0.5) is 0 Å². The maximum absolute atomic E-state index is 12.7. The third-order valence-electron chi connectivity index (χ3n) is 4.05. The van der Waals surface area contributed by atoms with Crippen molar-refractivity contribution < 1.29 is 34.2 Å². The van der Waals surface area contributed by atoms with Crippen LogP contribution >= 0.6 is 11.8 Å². The molecule has 30 heavy (non-hydrogen) atoms. The summed E-state index contributed by atoms with van der Waals surface area (Å²) in [4.78, 5) is 59.1. The third-order valence-corrected chi connectivity index (χ3v) is 4.69. The lowest BCUT2D eigenvalue weighted by molar-refractivity contribution is -0.142. The standard InChI is InChI=1S/C18H32N4O7S/c1-10(2)8-13(17(27)21-12(18(28)29)6-7-30-3)22-16(26)11(4-5-15(24)25)20-14(23)9-19/h10-13H,4-9,19H2,1-3H3,(H,20,23)(H,21,27)(H,22,26)(H,24,25)(H,28,29). The van der Waals surface area contributed by atoms with Gasteiger partial charge < -0.3 is 31.9 Å². The molecule has 0 saturated carbocycles. The quantitative estimate of drug-likeness (QED) is 0.185. The van der Waals surface area contributed by atoms with Gasteiger partial charge in [0, 0.05) is 6.42 Å². The van der Waals surface area contributed by atoms with Crippen molar-refractivity contribution in [1.82, 2.24) is 16.0 Å². The first-order chi connectivity index (χ1) is 14.0. The smallest absolute Gasteiger partial charge is 0.326 e. The number of aliphatic carboxylic acids is 2. The molecular formula is C18H32N4O7S. The van der Waals surface area contributed by atoms with Crippen molar-refractivity contribution in [2.24, 2.45) is 11.7 Å². The third kappa shape index (κ3) is 11.6. The zero-order valence-corrected chi connectivity index (χ0v) is 18.3. The molecule has 0 aromatic carbocycles. The van der Waals surface area contributed by atoms with E-state index in [1.54, 1.807) is 0 Å². The van der Waals surface area contributed by atoms with E-state index < -0.39 is 47.8 Å². The molecular weight excluding hydrogens is 416 g/mol. The van der Waals surface area contributed by atoms with Crippen molar-refractivity contribution in [3.8, 4) is 0 Å². The fraction of sp³-hybridized carbons (Fsp3) is 0.722. The Hall–Kier alpha value is -2.34. The zero-order chi connectivity index (χ0) is 23.3. The van der Waals surface area contributed by atoms with E-state index in [2.05, 4.69) is 16.0 Å². The average molecular weight is 449 g/mol. The van der Waals surface area contributed by atoms with Crippen molar-refractivity contribution in [1.29, 1.82) is 0 Å². The fourth-order valence-corrected chi connectivity index (χ4v) is 3.00. The van der Waals surface area contributed by atoms with Gasteiger partial charge in [0.05, 0.1) is 6.54 Å². The summed E-state index contributed by atoms with van der Waals surface area (Å²) in [5, 5.41) is 25.4. The Labute approximate surface area is 179 Å². The molecule has 12 heteroatoms. The lowest BCUT2D eigenvalue weighted by atomic mass is 10.0. The molecule has 0 heterocycles. The van der Waals surface area contributed by atoms with Gasteiger partial charge in [-0.1, -0.05) is 13.8 Å². The molecule has 0 saturated heterocycles. The first-order valence-corrected chi connectivity index (χ1v) is 10.9. The second-order valence-electron chi connectivity index (χ2n) is 7.13. The number of carbonyl (C=O) groups excluding carboxylic acids is 3. The Morgan fingerprint density at radius 1 is 0.900 bits per heavy atom. The number of nitrogens with one attached hydrogen (secondary N) is 3. The van der Waals surface area contributed by atoms with Crippen LogP contribution in [0.5, 0.6) is 0 Å². The van der Waals surface area contributed by atoms with Crippen molar-refractivity contribution in [2.45, 2.75) is 57.7 Å². The van der Waals surface area contributed by atoms with Gasteiger partial charge in [-0.2, -0.15) is 11.8 Å². The summed E-state index contributed by atoms with van der Waals surface area (Å²) < 4.78 is 0. The minimum absolute atomic E-state index is 0.00775. The number of rotatable bonds is 15. The first-order valence-electron chi connectivity index (χ1n) is 9.55. The summed E-state index contributed by atoms with van der Waals surface area (Å²) in [7, 11) is 0. The van der Waals surface area contributed by atoms with Gasteiger partial charge in [-0.25, -0.2) is 4.79 Å². The van der Waals surface area contributed by atoms with E-state index in [0.29, 0.717) is 5.75 Å². The topological polar surface area (TPSA) is 188 Å². The predicted octanol–water partition coefficient (Wildman–Crippen LogP) is -0.852. The van der Waals surface area contributed by atoms with Crippen LogP contribution in [0.25, 0.3) is 0 Å². The molecule has 3 amide bonds. The molecule has 3 atom stereocenters. The highest BCUT2D eigenvalue weighted by molar-refractivity contribution is 7.98. The van der Waals surface area contributed by atoms with E-state index >= 15 is 0 Å². The van der Waals surface area contributed by atoms with Crippen LogP contribution in [-0.2, 0) is 24.0 Å². The van der Waals surface area contributed by atoms with Gasteiger partial charge in [0.1, 0.15) is 18.1 Å². The normalized spacial score (nSPS) is 13.8. The average Bonchev–Trinajstić information content (AvgIpc) is 2.66. The van der Waals surface area contributed by atoms with Crippen LogP contribution in [0.15, 0.2) is 0 Å². The summed E-state index contributed by atoms with van der Waals surface area (Å²) in [5.41, 5.74) is 5.23. The number of hydrogen-bond donors (Lipinski definition) is 6. The minimum atomic E-state index is -1.19. The highest BCUT2D eigenvalue weighted by Gasteiger charge is 2.30. The van der Waals surface area contributed by atoms with Crippen molar-refractivity contribution in [2.75, 3.05) is 18.6 Å². The Balaban J connectivity index is 5.34. The lowest BCUT2D eigenvalue weighted by Crippen LogP contribution is -2.56. The molecule has 0 fully saturated rings. The van der Waals surface area contributed by atoms with E-state index in [4.69, 9.17) is 10.8 Å². The summed E-state index contributed by atoms with van der Waals surface area (Å²) in [6.07, 6.45) is 1.70. The fourth-order valence-electron chi connectivity index (χ4n) is 2.53. The molecule has 0 aliphatic carbocycles. The van der Waals surface area contributed by atoms with Gasteiger partial charge in [-0.05, 0) is 37.2 Å². The molecule has 0 aromatic heterocycles. The van der Waals surface area contributed by atoms with Crippen molar-refractivity contribution in [3.05, 3.63) is 0 Å². The van der Waals surface area contributed by atoms with Gasteiger partial charge in [-0.3, -0.25) is 19.2 Å². The number of thioether (sulfide) groups is 1. The Morgan fingerprint density at radius 2 is 1.47 bits per heavy atom. The summed E-state index contributed by atoms with van der Waals surface area (Å²) in [6, 6.07) is -3.33. The van der Waals surface area contributed by atoms with E-state index in [1.165, 1.54) is 11.8 Å². The van der Waals surface area contributed by atoms with E-state index in [1.807, 2.05) is 20.1 Å². The molecule has 0 rings (SSSR count). The van der Waals surface area contributed by atoms with Gasteiger partial charge >= 0.3 is 11.9 Å². The predicted molar refractivity (Wildman–Crippen MR) is 112 cm³/mol. The highest BCUT2D eigenvalue weighted by Crippen LogP contribution is 2.09. The lowest BCUT2D eigenvalue weighted by Gasteiger charge is -2.25. The summed E-state index contributed by atoms with van der Waals surface area (Å²) >= 11 is 1.44. The molecule has 3 unspecified atom stereocenters. The number of nitrogens with two attached hydrogens (primary N) is 1. The van der Waals surface area contributed by atoms with Gasteiger partial charge in [0.15, 0.2) is 0 Å². The number of hydrogen-bond acceptors (Lipinski definition) is 7. The molecule has 11 nitrogen and oxygen atoms in total. The SMILES string of the molecule is CSCCC(NC(=O)C(CC(C)C)NC(=O)C(CCC(=O)O)NC(=O)CN)C(=O)O. The van der Waals surface area contributed by atoms with E-state index in [0.717, 1.165) is 0 Å². The second kappa shape index (κ2) is 14.6. The number of amides is 3. The van der Waals surface area contributed by atoms with Crippen LogP contribution in [-0.4, -0.2) is 76.6 Å². The van der Waals surface area contributed by atoms with Crippen LogP contribution < -0.4 is 21.7 Å². The Bertz CT molecular complexity index is 615. The van der Waals surface area contributed by atoms with E-state index in [-0.39, 0.29) is 38.1 Å². The van der Waals surface area contributed by atoms with Crippen molar-refractivity contribution >= 4 is 41.4 Å². The van der Waals surface area contributed by atoms with Gasteiger partial charge in [0.2, 0.25) is 17.7 Å². The van der Waals surface area contributed by atoms with Crippen LogP contribution in [0.3, 0.4) is 0 Å². The molecule has 0 aromatic rings. The Kier molecular flexibility index (Phi) is 13.5. The number of carbonyl (C=O) groups is 5. The van der Waals surface area contributed by atoms with Gasteiger partial charge in [0.25, 0.3) is 0 Å². The number of carboxylic acids is 2. The first kappa shape index (κ1) is 27.7. The molecule has 0 spiro atoms. The molecule has 0 bridgehead atoms.